The number of carbonyl (C=O) groups excluding carboxylic acids is 1. The fourth-order valence-corrected chi connectivity index (χ4v) is 2.61. The smallest absolute Gasteiger partial charge is 0.251 e. The summed E-state index contributed by atoms with van der Waals surface area (Å²) in [5, 5.41) is 6.85. The Kier molecular flexibility index (Phi) is 6.49. The predicted molar refractivity (Wildman–Crippen MR) is 85.0 cm³/mol. The molecule has 2 N–H and O–H groups in total. The third kappa shape index (κ3) is 4.99. The van der Waals surface area contributed by atoms with Gasteiger partial charge in [-0.15, -0.1) is 0 Å². The first kappa shape index (κ1) is 16.3. The number of halogens is 1. The Balaban J connectivity index is 1.66. The van der Waals surface area contributed by atoms with Crippen LogP contribution in [0.15, 0.2) is 18.2 Å². The molecule has 0 radical (unpaired) electrons. The molecule has 2 rings (SSSR count). The van der Waals surface area contributed by atoms with Crippen LogP contribution in [0.3, 0.4) is 0 Å². The molecule has 4 nitrogen and oxygen atoms in total. The lowest BCUT2D eigenvalue weighted by molar-refractivity contribution is 0.0318. The van der Waals surface area contributed by atoms with E-state index in [-0.39, 0.29) is 5.91 Å². The minimum Gasteiger partial charge on any atom is -0.378 e. The highest BCUT2D eigenvalue weighted by molar-refractivity contribution is 6.31. The summed E-state index contributed by atoms with van der Waals surface area (Å²) < 4.78 is 5.80. The summed E-state index contributed by atoms with van der Waals surface area (Å²) in [6.07, 6.45) is 3.36. The van der Waals surface area contributed by atoms with E-state index in [9.17, 15) is 4.79 Å². The zero-order valence-electron chi connectivity index (χ0n) is 12.5. The summed E-state index contributed by atoms with van der Waals surface area (Å²) in [4.78, 5) is 12.1. The molecule has 0 atom stereocenters. The summed E-state index contributed by atoms with van der Waals surface area (Å²) in [7, 11) is 0. The molecule has 21 heavy (non-hydrogen) atoms. The van der Waals surface area contributed by atoms with Gasteiger partial charge < -0.3 is 15.4 Å². The standard InChI is InChI=1S/C16H23ClN2O2/c1-12-14(4-2-5-15(12)17)16(20)19-8-3-11-21-13-6-9-18-10-7-13/h2,4-5,13,18H,3,6-11H2,1H3,(H,19,20). The molecular weight excluding hydrogens is 288 g/mol. The summed E-state index contributed by atoms with van der Waals surface area (Å²) in [6.45, 7) is 5.25. The number of hydrogen-bond acceptors (Lipinski definition) is 3. The van der Waals surface area contributed by atoms with E-state index in [2.05, 4.69) is 10.6 Å². The second kappa shape index (κ2) is 8.37. The van der Waals surface area contributed by atoms with Crippen LogP contribution in [-0.2, 0) is 4.74 Å². The molecule has 116 valence electrons. The van der Waals surface area contributed by atoms with E-state index in [1.54, 1.807) is 18.2 Å². The molecule has 0 bridgehead atoms. The van der Waals surface area contributed by atoms with Crippen molar-refractivity contribution in [2.75, 3.05) is 26.2 Å². The van der Waals surface area contributed by atoms with Gasteiger partial charge in [-0.3, -0.25) is 4.79 Å². The minimum absolute atomic E-state index is 0.0723. The molecule has 1 fully saturated rings. The van der Waals surface area contributed by atoms with Gasteiger partial charge >= 0.3 is 0 Å². The van der Waals surface area contributed by atoms with Crippen LogP contribution < -0.4 is 10.6 Å². The summed E-state index contributed by atoms with van der Waals surface area (Å²) in [5.74, 6) is -0.0723. The largest absolute Gasteiger partial charge is 0.378 e. The first-order valence-corrected chi connectivity index (χ1v) is 7.92. The summed E-state index contributed by atoms with van der Waals surface area (Å²) in [6, 6.07) is 5.38. The number of piperidine rings is 1. The number of nitrogens with one attached hydrogen (secondary N) is 2. The van der Waals surface area contributed by atoms with E-state index in [0.717, 1.165) is 37.9 Å². The second-order valence-electron chi connectivity index (χ2n) is 5.34. The highest BCUT2D eigenvalue weighted by atomic mass is 35.5. The quantitative estimate of drug-likeness (QED) is 0.794. The number of carbonyl (C=O) groups is 1. The lowest BCUT2D eigenvalue weighted by atomic mass is 10.1. The van der Waals surface area contributed by atoms with E-state index in [1.807, 2.05) is 6.92 Å². The average Bonchev–Trinajstić information content (AvgIpc) is 2.50. The summed E-state index contributed by atoms with van der Waals surface area (Å²) >= 11 is 6.02. The molecule has 1 aliphatic heterocycles. The zero-order valence-corrected chi connectivity index (χ0v) is 13.2. The first-order valence-electron chi connectivity index (χ1n) is 7.54. The molecule has 1 aromatic carbocycles. The Bertz CT molecular complexity index is 473. The maximum Gasteiger partial charge on any atom is 0.251 e. The number of amides is 1. The van der Waals surface area contributed by atoms with Crippen LogP contribution in [0, 0.1) is 6.92 Å². The van der Waals surface area contributed by atoms with Gasteiger partial charge in [0, 0.05) is 23.7 Å². The van der Waals surface area contributed by atoms with E-state index in [1.165, 1.54) is 0 Å². The van der Waals surface area contributed by atoms with Gasteiger partial charge in [0.25, 0.3) is 5.91 Å². The lowest BCUT2D eigenvalue weighted by Gasteiger charge is -2.22. The number of rotatable bonds is 6. The maximum atomic E-state index is 12.1. The van der Waals surface area contributed by atoms with Gasteiger partial charge in [0.2, 0.25) is 0 Å². The van der Waals surface area contributed by atoms with Crippen molar-refractivity contribution >= 4 is 17.5 Å². The molecule has 0 spiro atoms. The van der Waals surface area contributed by atoms with Crippen molar-refractivity contribution in [1.29, 1.82) is 0 Å². The molecule has 0 saturated carbocycles. The van der Waals surface area contributed by atoms with Crippen molar-refractivity contribution in [2.24, 2.45) is 0 Å². The monoisotopic (exact) mass is 310 g/mol. The maximum absolute atomic E-state index is 12.1. The van der Waals surface area contributed by atoms with Crippen LogP contribution in [0.25, 0.3) is 0 Å². The lowest BCUT2D eigenvalue weighted by Crippen LogP contribution is -2.33. The Morgan fingerprint density at radius 2 is 2.19 bits per heavy atom. The van der Waals surface area contributed by atoms with Gasteiger partial charge in [0.15, 0.2) is 0 Å². The number of benzene rings is 1. The second-order valence-corrected chi connectivity index (χ2v) is 5.75. The molecule has 1 aromatic rings. The van der Waals surface area contributed by atoms with Gasteiger partial charge in [-0.1, -0.05) is 17.7 Å². The van der Waals surface area contributed by atoms with Crippen molar-refractivity contribution in [3.63, 3.8) is 0 Å². The van der Waals surface area contributed by atoms with Crippen molar-refractivity contribution in [2.45, 2.75) is 32.3 Å². The Morgan fingerprint density at radius 3 is 2.95 bits per heavy atom. The fourth-order valence-electron chi connectivity index (χ4n) is 2.43. The molecule has 1 heterocycles. The van der Waals surface area contributed by atoms with Crippen LogP contribution in [-0.4, -0.2) is 38.3 Å². The molecule has 5 heteroatoms. The van der Waals surface area contributed by atoms with Crippen LogP contribution in [0.1, 0.15) is 35.2 Å². The number of ether oxygens (including phenoxy) is 1. The fraction of sp³-hybridized carbons (Fsp3) is 0.562. The van der Waals surface area contributed by atoms with Gasteiger partial charge in [-0.2, -0.15) is 0 Å². The van der Waals surface area contributed by atoms with E-state index >= 15 is 0 Å². The van der Waals surface area contributed by atoms with Gasteiger partial charge in [-0.25, -0.2) is 0 Å². The molecular formula is C16H23ClN2O2. The zero-order chi connectivity index (χ0) is 15.1. The van der Waals surface area contributed by atoms with E-state index in [4.69, 9.17) is 16.3 Å². The minimum atomic E-state index is -0.0723. The molecule has 0 aromatic heterocycles. The SMILES string of the molecule is Cc1c(Cl)cccc1C(=O)NCCCOC1CCNCC1. The Labute approximate surface area is 131 Å². The molecule has 0 aliphatic carbocycles. The normalized spacial score (nSPS) is 15.9. The van der Waals surface area contributed by atoms with Crippen LogP contribution in [0.2, 0.25) is 5.02 Å². The van der Waals surface area contributed by atoms with Crippen LogP contribution >= 0.6 is 11.6 Å². The van der Waals surface area contributed by atoms with Gasteiger partial charge in [0.1, 0.15) is 0 Å². The molecule has 1 saturated heterocycles. The van der Waals surface area contributed by atoms with Crippen LogP contribution in [0.5, 0.6) is 0 Å². The highest BCUT2D eigenvalue weighted by Gasteiger charge is 2.13. The highest BCUT2D eigenvalue weighted by Crippen LogP contribution is 2.18. The van der Waals surface area contributed by atoms with Gasteiger partial charge in [-0.05, 0) is 57.0 Å². The molecule has 1 amide bonds. The molecule has 1 aliphatic rings. The van der Waals surface area contributed by atoms with Crippen LogP contribution in [0.4, 0.5) is 0 Å². The third-order valence-corrected chi connectivity index (χ3v) is 4.17. The first-order chi connectivity index (χ1) is 10.2. The Morgan fingerprint density at radius 1 is 1.43 bits per heavy atom. The van der Waals surface area contributed by atoms with Crippen molar-refractivity contribution in [3.8, 4) is 0 Å². The van der Waals surface area contributed by atoms with E-state index in [0.29, 0.717) is 29.8 Å². The topological polar surface area (TPSA) is 50.4 Å². The van der Waals surface area contributed by atoms with Crippen molar-refractivity contribution in [3.05, 3.63) is 34.3 Å². The van der Waals surface area contributed by atoms with Gasteiger partial charge in [0.05, 0.1) is 6.10 Å². The van der Waals surface area contributed by atoms with E-state index < -0.39 is 0 Å². The van der Waals surface area contributed by atoms with Crippen molar-refractivity contribution < 1.29 is 9.53 Å². The third-order valence-electron chi connectivity index (χ3n) is 3.76. The summed E-state index contributed by atoms with van der Waals surface area (Å²) in [5.41, 5.74) is 1.46. The average molecular weight is 311 g/mol. The number of hydrogen-bond donors (Lipinski definition) is 2. The predicted octanol–water partition coefficient (Wildman–Crippen LogP) is 2.54. The Hall–Kier alpha value is -1.10. The molecule has 0 unspecified atom stereocenters. The van der Waals surface area contributed by atoms with Crippen molar-refractivity contribution in [1.82, 2.24) is 10.6 Å².